The fourth-order valence-corrected chi connectivity index (χ4v) is 5.90. The van der Waals surface area contributed by atoms with E-state index in [9.17, 15) is 28.4 Å². The third kappa shape index (κ3) is 10.2. The molecule has 0 saturated heterocycles. The molecule has 1 aliphatic rings. The van der Waals surface area contributed by atoms with Crippen LogP contribution in [0.2, 0.25) is 0 Å². The molecule has 4 aromatic rings. The van der Waals surface area contributed by atoms with Crippen molar-refractivity contribution >= 4 is 29.5 Å². The minimum Gasteiger partial charge on any atom is -0.491 e. The number of primary amides is 1. The van der Waals surface area contributed by atoms with Gasteiger partial charge in [0, 0.05) is 56.6 Å². The van der Waals surface area contributed by atoms with E-state index in [0.717, 1.165) is 34.6 Å². The molecule has 1 aliphatic heterocycles. The number of carbonyl (C=O) groups excluding carboxylic acids is 5. The first-order valence-corrected chi connectivity index (χ1v) is 17.2. The number of imidazole rings is 1. The highest BCUT2D eigenvalue weighted by molar-refractivity contribution is 5.99. The number of amides is 5. The molecule has 1 aromatic heterocycles. The first-order chi connectivity index (χ1) is 25.2. The Balaban J connectivity index is 1.32. The van der Waals surface area contributed by atoms with Gasteiger partial charge in [0.15, 0.2) is 0 Å². The summed E-state index contributed by atoms with van der Waals surface area (Å²) < 4.78 is 21.8. The molecule has 2 heterocycles. The number of hydrogen-bond acceptors (Lipinski definition) is 7. The van der Waals surface area contributed by atoms with Gasteiger partial charge in [0.2, 0.25) is 23.6 Å². The molecule has 14 heteroatoms. The molecule has 0 radical (unpaired) electrons. The van der Waals surface area contributed by atoms with Crippen LogP contribution in [0.15, 0.2) is 85.2 Å². The number of nitrogens with one attached hydrogen (secondary N) is 3. The quantitative estimate of drug-likeness (QED) is 0.217. The summed E-state index contributed by atoms with van der Waals surface area (Å²) >= 11 is 0. The van der Waals surface area contributed by atoms with Gasteiger partial charge in [-0.05, 0) is 31.0 Å². The van der Waals surface area contributed by atoms with Crippen molar-refractivity contribution in [1.29, 1.82) is 0 Å². The molecule has 0 unspecified atom stereocenters. The summed E-state index contributed by atoms with van der Waals surface area (Å²) in [6.07, 6.45) is 2.04. The van der Waals surface area contributed by atoms with Crippen LogP contribution < -0.4 is 26.4 Å². The SMILES string of the molecule is NC(=O)CC[C@@H]1NC(=O)c2cc(F)ccc2OCCNC(=O)CCCN(C(=O)CCn2cnc(-c3ccccc3)c2-c2ccccc2)CCNC1=O. The van der Waals surface area contributed by atoms with Crippen LogP contribution in [0, 0.1) is 5.82 Å². The fourth-order valence-electron chi connectivity index (χ4n) is 5.90. The van der Waals surface area contributed by atoms with E-state index in [1.165, 1.54) is 6.07 Å². The maximum absolute atomic E-state index is 14.2. The monoisotopic (exact) mass is 711 g/mol. The van der Waals surface area contributed by atoms with E-state index in [4.69, 9.17) is 15.5 Å². The van der Waals surface area contributed by atoms with Crippen LogP contribution in [0.25, 0.3) is 22.5 Å². The zero-order chi connectivity index (χ0) is 36.9. The van der Waals surface area contributed by atoms with Crippen molar-refractivity contribution in [3.05, 3.63) is 96.6 Å². The highest BCUT2D eigenvalue weighted by Gasteiger charge is 2.25. The van der Waals surface area contributed by atoms with E-state index in [0.29, 0.717) is 13.0 Å². The summed E-state index contributed by atoms with van der Waals surface area (Å²) in [6, 6.07) is 21.8. The van der Waals surface area contributed by atoms with E-state index in [2.05, 4.69) is 16.0 Å². The van der Waals surface area contributed by atoms with Gasteiger partial charge in [-0.1, -0.05) is 60.7 Å². The van der Waals surface area contributed by atoms with Crippen LogP contribution in [0.1, 0.15) is 42.5 Å². The van der Waals surface area contributed by atoms with Crippen LogP contribution in [-0.4, -0.2) is 82.8 Å². The Bertz CT molecular complexity index is 1870. The minimum atomic E-state index is -1.19. The van der Waals surface area contributed by atoms with Gasteiger partial charge in [0.05, 0.1) is 29.8 Å². The standard InChI is InChI=1S/C38H42FN7O6/c39-28-13-15-31-29(24-28)37(50)44-30(14-16-32(40)47)38(51)42-18-22-45(20-7-12-33(48)41-19-23-52-31)34(49)17-21-46-25-43-35(26-8-3-1-4-9-26)36(46)27-10-5-2-6-11-27/h1-6,8-11,13,15,24-25,30H,7,12,14,16-23H2,(H2,40,47)(H,41,48)(H,42,51)(H,44,50)/t30-/m0/s1. The van der Waals surface area contributed by atoms with Gasteiger partial charge in [-0.15, -0.1) is 0 Å². The Kier molecular flexibility index (Phi) is 13.1. The van der Waals surface area contributed by atoms with Crippen molar-refractivity contribution < 1.29 is 33.1 Å². The number of aromatic nitrogens is 2. The summed E-state index contributed by atoms with van der Waals surface area (Å²) in [4.78, 5) is 70.8. The zero-order valence-electron chi connectivity index (χ0n) is 28.7. The largest absolute Gasteiger partial charge is 0.491 e. The molecule has 1 atom stereocenters. The lowest BCUT2D eigenvalue weighted by molar-refractivity contribution is -0.132. The van der Waals surface area contributed by atoms with Crippen molar-refractivity contribution in [3.8, 4) is 28.3 Å². The summed E-state index contributed by atoms with van der Waals surface area (Å²) in [5, 5.41) is 8.05. The summed E-state index contributed by atoms with van der Waals surface area (Å²) in [5.74, 6) is -3.16. The molecule has 0 aliphatic carbocycles. The smallest absolute Gasteiger partial charge is 0.255 e. The van der Waals surface area contributed by atoms with Crippen molar-refractivity contribution in [3.63, 3.8) is 0 Å². The Morgan fingerprint density at radius 2 is 1.63 bits per heavy atom. The Labute approximate surface area is 300 Å². The Morgan fingerprint density at radius 1 is 0.904 bits per heavy atom. The first kappa shape index (κ1) is 37.2. The molecule has 0 spiro atoms. The number of nitrogens with two attached hydrogens (primary N) is 1. The maximum atomic E-state index is 14.2. The lowest BCUT2D eigenvalue weighted by Gasteiger charge is -2.25. The molecule has 0 saturated carbocycles. The van der Waals surface area contributed by atoms with E-state index >= 15 is 0 Å². The summed E-state index contributed by atoms with van der Waals surface area (Å²) in [6.45, 7) is 0.823. The van der Waals surface area contributed by atoms with Gasteiger partial charge < -0.3 is 35.9 Å². The van der Waals surface area contributed by atoms with Crippen LogP contribution >= 0.6 is 0 Å². The van der Waals surface area contributed by atoms with Gasteiger partial charge >= 0.3 is 0 Å². The second kappa shape index (κ2) is 18.3. The highest BCUT2D eigenvalue weighted by Crippen LogP contribution is 2.31. The predicted molar refractivity (Wildman–Crippen MR) is 191 cm³/mol. The molecule has 5 rings (SSSR count). The molecule has 52 heavy (non-hydrogen) atoms. The number of hydrogen-bond donors (Lipinski definition) is 4. The number of ether oxygens (including phenoxy) is 1. The van der Waals surface area contributed by atoms with Gasteiger partial charge in [0.1, 0.15) is 24.2 Å². The van der Waals surface area contributed by atoms with Gasteiger partial charge in [0.25, 0.3) is 5.91 Å². The predicted octanol–water partition coefficient (Wildman–Crippen LogP) is 3.04. The molecule has 3 aromatic carbocycles. The lowest BCUT2D eigenvalue weighted by Crippen LogP contribution is -2.49. The average Bonchev–Trinajstić information content (AvgIpc) is 3.58. The Hall–Kier alpha value is -6.05. The van der Waals surface area contributed by atoms with Crippen LogP contribution in [0.4, 0.5) is 4.39 Å². The molecular formula is C38H42FN7O6. The van der Waals surface area contributed by atoms with Crippen molar-refractivity contribution in [2.24, 2.45) is 5.73 Å². The van der Waals surface area contributed by atoms with Crippen LogP contribution in [0.3, 0.4) is 0 Å². The molecule has 5 amide bonds. The maximum Gasteiger partial charge on any atom is 0.255 e. The second-order valence-corrected chi connectivity index (χ2v) is 12.3. The molecule has 13 nitrogen and oxygen atoms in total. The molecule has 272 valence electrons. The Morgan fingerprint density at radius 3 is 2.37 bits per heavy atom. The summed E-state index contributed by atoms with van der Waals surface area (Å²) in [5.41, 5.74) is 8.73. The number of carbonyl (C=O) groups is 5. The topological polar surface area (TPSA) is 178 Å². The van der Waals surface area contributed by atoms with E-state index in [-0.39, 0.29) is 81.6 Å². The average molecular weight is 712 g/mol. The zero-order valence-corrected chi connectivity index (χ0v) is 28.7. The molecule has 0 bridgehead atoms. The highest BCUT2D eigenvalue weighted by atomic mass is 19.1. The molecular weight excluding hydrogens is 669 g/mol. The number of rotatable bonds is 8. The van der Waals surface area contributed by atoms with Crippen LogP contribution in [0.5, 0.6) is 5.75 Å². The third-order valence-corrected chi connectivity index (χ3v) is 8.53. The van der Waals surface area contributed by atoms with Crippen molar-refractivity contribution in [1.82, 2.24) is 30.4 Å². The fraction of sp³-hybridized carbons (Fsp3) is 0.316. The van der Waals surface area contributed by atoms with Crippen LogP contribution in [-0.2, 0) is 25.7 Å². The first-order valence-electron chi connectivity index (χ1n) is 17.2. The number of benzene rings is 3. The molecule has 5 N–H and O–H groups in total. The van der Waals surface area contributed by atoms with E-state index in [1.807, 2.05) is 65.2 Å². The lowest BCUT2D eigenvalue weighted by atomic mass is 10.0. The van der Waals surface area contributed by atoms with Crippen molar-refractivity contribution in [2.45, 2.75) is 44.7 Å². The van der Waals surface area contributed by atoms with E-state index < -0.39 is 29.6 Å². The molecule has 0 fully saturated rings. The number of aryl methyl sites for hydroxylation is 1. The number of halogens is 1. The normalized spacial score (nSPS) is 16.3. The van der Waals surface area contributed by atoms with Gasteiger partial charge in [-0.2, -0.15) is 0 Å². The number of fused-ring (bicyclic) bond motifs is 1. The van der Waals surface area contributed by atoms with Gasteiger partial charge in [-0.3, -0.25) is 24.0 Å². The van der Waals surface area contributed by atoms with Gasteiger partial charge in [-0.25, -0.2) is 9.37 Å². The number of nitrogens with zero attached hydrogens (tertiary/aromatic N) is 3. The summed E-state index contributed by atoms with van der Waals surface area (Å²) in [7, 11) is 0. The second-order valence-electron chi connectivity index (χ2n) is 12.3. The van der Waals surface area contributed by atoms with E-state index in [1.54, 1.807) is 11.2 Å². The third-order valence-electron chi connectivity index (χ3n) is 8.53. The van der Waals surface area contributed by atoms with Crippen molar-refractivity contribution in [2.75, 3.05) is 32.8 Å². The minimum absolute atomic E-state index is 0.0148.